The number of rotatable bonds is 3. The molecule has 0 bridgehead atoms. The predicted molar refractivity (Wildman–Crippen MR) is 116 cm³/mol. The van der Waals surface area contributed by atoms with Gasteiger partial charge in [0.1, 0.15) is 12.1 Å². The molecule has 2 heterocycles. The quantitative estimate of drug-likeness (QED) is 0.749. The normalized spacial score (nSPS) is 22.2. The van der Waals surface area contributed by atoms with Crippen LogP contribution in [-0.4, -0.2) is 82.1 Å². The van der Waals surface area contributed by atoms with Gasteiger partial charge in [-0.05, 0) is 37.8 Å². The minimum Gasteiger partial charge on any atom is -0.393 e. The Balaban J connectivity index is 1.60. The summed E-state index contributed by atoms with van der Waals surface area (Å²) in [4.78, 5) is 34.7. The van der Waals surface area contributed by atoms with Crippen LogP contribution in [0.1, 0.15) is 41.9 Å². The van der Waals surface area contributed by atoms with E-state index in [0.29, 0.717) is 25.1 Å². The summed E-state index contributed by atoms with van der Waals surface area (Å²) in [5.74, 6) is -0.894. The highest BCUT2D eigenvalue weighted by atomic mass is 19.4. The Morgan fingerprint density at radius 1 is 1.15 bits per heavy atom. The first-order valence-electron chi connectivity index (χ1n) is 11.0. The molecule has 0 atom stereocenters. The fourth-order valence-corrected chi connectivity index (χ4v) is 4.70. The second-order valence-electron chi connectivity index (χ2n) is 9.02. The highest BCUT2D eigenvalue weighted by molar-refractivity contribution is 5.98. The number of aryl methyl sites for hydroxylation is 1. The summed E-state index contributed by atoms with van der Waals surface area (Å²) in [7, 11) is 4.79. The second kappa shape index (κ2) is 8.51. The Kier molecular flexibility index (Phi) is 6.02. The molecule has 33 heavy (non-hydrogen) atoms. The molecule has 2 aliphatic rings. The van der Waals surface area contributed by atoms with Crippen molar-refractivity contribution in [2.75, 3.05) is 38.6 Å². The maximum absolute atomic E-state index is 13.7. The largest absolute Gasteiger partial charge is 0.418 e. The number of hydrogen-bond donors (Lipinski definition) is 1. The number of alkyl halides is 3. The van der Waals surface area contributed by atoms with Crippen molar-refractivity contribution in [3.05, 3.63) is 23.5 Å². The van der Waals surface area contributed by atoms with Crippen LogP contribution in [0, 0.1) is 0 Å². The molecule has 1 N–H and O–H groups in total. The Bertz CT molecular complexity index is 1070. The van der Waals surface area contributed by atoms with Crippen molar-refractivity contribution in [1.29, 1.82) is 0 Å². The number of amides is 2. The smallest absolute Gasteiger partial charge is 0.393 e. The molecular formula is C22H28F3N5O3. The van der Waals surface area contributed by atoms with E-state index >= 15 is 0 Å². The summed E-state index contributed by atoms with van der Waals surface area (Å²) in [5, 5.41) is 9.70. The van der Waals surface area contributed by atoms with E-state index in [-0.39, 0.29) is 48.0 Å². The maximum atomic E-state index is 13.7. The van der Waals surface area contributed by atoms with Crippen molar-refractivity contribution in [2.24, 2.45) is 7.05 Å². The number of benzene rings is 1. The van der Waals surface area contributed by atoms with Gasteiger partial charge in [0.15, 0.2) is 5.82 Å². The molecular weight excluding hydrogens is 439 g/mol. The van der Waals surface area contributed by atoms with Crippen molar-refractivity contribution in [2.45, 2.75) is 44.0 Å². The number of aromatic nitrogens is 2. The molecule has 0 radical (unpaired) electrons. The van der Waals surface area contributed by atoms with Gasteiger partial charge in [0.05, 0.1) is 17.2 Å². The zero-order chi connectivity index (χ0) is 24.1. The second-order valence-corrected chi connectivity index (χ2v) is 9.02. The number of halogens is 3. The first kappa shape index (κ1) is 23.3. The highest BCUT2D eigenvalue weighted by Gasteiger charge is 2.38. The van der Waals surface area contributed by atoms with Gasteiger partial charge >= 0.3 is 6.18 Å². The average Bonchev–Trinajstić information content (AvgIpc) is 3.09. The van der Waals surface area contributed by atoms with E-state index < -0.39 is 17.6 Å². The van der Waals surface area contributed by atoms with Crippen LogP contribution in [0.5, 0.6) is 0 Å². The molecule has 1 aliphatic heterocycles. The molecule has 2 fully saturated rings. The van der Waals surface area contributed by atoms with Crippen LogP contribution in [0.4, 0.5) is 18.9 Å². The van der Waals surface area contributed by atoms with Gasteiger partial charge in [-0.15, -0.1) is 0 Å². The third-order valence-corrected chi connectivity index (χ3v) is 6.64. The molecule has 8 nitrogen and oxygen atoms in total. The number of aliphatic hydroxyl groups excluding tert-OH is 1. The number of piperazine rings is 1. The number of nitrogens with zero attached hydrogens (tertiary/aromatic N) is 5. The SMILES string of the molecule is CN(C)c1cc(C(F)(F)F)c2nc(C(=O)N3CCN(C4CCC(O)CC4)C(=O)C3)n(C)c2c1. The molecule has 1 aliphatic carbocycles. The standard InChI is InChI=1S/C22H28F3N5O3/c1-27(2)14-10-16(22(23,24)25)19-17(11-14)28(3)20(26-19)21(33)29-8-9-30(18(32)12-29)13-4-6-15(31)7-5-13/h10-11,13,15,31H,4-9,12H2,1-3H3. The summed E-state index contributed by atoms with van der Waals surface area (Å²) in [6.07, 6.45) is -2.22. The van der Waals surface area contributed by atoms with E-state index in [4.69, 9.17) is 0 Å². The maximum Gasteiger partial charge on any atom is 0.418 e. The van der Waals surface area contributed by atoms with Gasteiger partial charge in [-0.3, -0.25) is 9.59 Å². The summed E-state index contributed by atoms with van der Waals surface area (Å²) in [6, 6.07) is 2.63. The minimum absolute atomic E-state index is 0.0488. The summed E-state index contributed by atoms with van der Waals surface area (Å²) >= 11 is 0. The molecule has 2 amide bonds. The lowest BCUT2D eigenvalue weighted by Crippen LogP contribution is -2.56. The van der Waals surface area contributed by atoms with Gasteiger partial charge in [-0.2, -0.15) is 13.2 Å². The Morgan fingerprint density at radius 2 is 1.82 bits per heavy atom. The van der Waals surface area contributed by atoms with Crippen molar-refractivity contribution in [1.82, 2.24) is 19.4 Å². The van der Waals surface area contributed by atoms with E-state index in [2.05, 4.69) is 4.98 Å². The van der Waals surface area contributed by atoms with E-state index in [0.717, 1.165) is 18.9 Å². The topological polar surface area (TPSA) is 81.9 Å². The lowest BCUT2D eigenvalue weighted by molar-refractivity contribution is -0.139. The van der Waals surface area contributed by atoms with Crippen LogP contribution in [0.2, 0.25) is 0 Å². The van der Waals surface area contributed by atoms with Crippen LogP contribution in [0.3, 0.4) is 0 Å². The van der Waals surface area contributed by atoms with Crippen LogP contribution >= 0.6 is 0 Å². The molecule has 1 saturated carbocycles. The number of carbonyl (C=O) groups excluding carboxylic acids is 2. The van der Waals surface area contributed by atoms with Gasteiger partial charge < -0.3 is 24.4 Å². The number of aliphatic hydroxyl groups is 1. The lowest BCUT2D eigenvalue weighted by Gasteiger charge is -2.41. The van der Waals surface area contributed by atoms with E-state index in [9.17, 15) is 27.9 Å². The van der Waals surface area contributed by atoms with E-state index in [1.54, 1.807) is 30.0 Å². The number of hydrogen-bond acceptors (Lipinski definition) is 5. The first-order valence-corrected chi connectivity index (χ1v) is 11.0. The lowest BCUT2D eigenvalue weighted by atomic mass is 9.91. The molecule has 4 rings (SSSR count). The number of imidazole rings is 1. The third-order valence-electron chi connectivity index (χ3n) is 6.64. The fourth-order valence-electron chi connectivity index (χ4n) is 4.70. The van der Waals surface area contributed by atoms with Gasteiger partial charge in [0.2, 0.25) is 5.91 Å². The average molecular weight is 467 g/mol. The van der Waals surface area contributed by atoms with Gasteiger partial charge in [0, 0.05) is 46.0 Å². The summed E-state index contributed by atoms with van der Waals surface area (Å²) in [5.41, 5.74) is -0.649. The molecule has 11 heteroatoms. The fraction of sp³-hybridized carbons (Fsp3) is 0.591. The van der Waals surface area contributed by atoms with E-state index in [1.807, 2.05) is 0 Å². The molecule has 1 aromatic carbocycles. The van der Waals surface area contributed by atoms with Gasteiger partial charge in [-0.1, -0.05) is 0 Å². The zero-order valence-electron chi connectivity index (χ0n) is 18.9. The molecule has 180 valence electrons. The van der Waals surface area contributed by atoms with Crippen molar-refractivity contribution in [3.63, 3.8) is 0 Å². The van der Waals surface area contributed by atoms with Crippen molar-refractivity contribution >= 4 is 28.5 Å². The highest BCUT2D eigenvalue weighted by Crippen LogP contribution is 2.37. The van der Waals surface area contributed by atoms with E-state index in [1.165, 1.54) is 16.5 Å². The summed E-state index contributed by atoms with van der Waals surface area (Å²) < 4.78 is 42.5. The summed E-state index contributed by atoms with van der Waals surface area (Å²) in [6.45, 7) is 0.492. The Hall–Kier alpha value is -2.82. The first-order chi connectivity index (χ1) is 15.5. The van der Waals surface area contributed by atoms with Crippen LogP contribution < -0.4 is 4.90 Å². The Labute approximate surface area is 189 Å². The molecule has 0 spiro atoms. The van der Waals surface area contributed by atoms with Gasteiger partial charge in [0.25, 0.3) is 5.91 Å². The molecule has 1 saturated heterocycles. The van der Waals surface area contributed by atoms with Gasteiger partial charge in [-0.25, -0.2) is 4.98 Å². The third kappa shape index (κ3) is 4.38. The molecule has 2 aromatic rings. The van der Waals surface area contributed by atoms with Crippen LogP contribution in [0.15, 0.2) is 12.1 Å². The number of carbonyl (C=O) groups is 2. The van der Waals surface area contributed by atoms with Crippen molar-refractivity contribution < 1.29 is 27.9 Å². The molecule has 1 aromatic heterocycles. The predicted octanol–water partition coefficient (Wildman–Crippen LogP) is 2.25. The molecule has 0 unspecified atom stereocenters. The van der Waals surface area contributed by atoms with Crippen LogP contribution in [0.25, 0.3) is 11.0 Å². The van der Waals surface area contributed by atoms with Crippen LogP contribution in [-0.2, 0) is 18.0 Å². The van der Waals surface area contributed by atoms with Crippen molar-refractivity contribution in [3.8, 4) is 0 Å². The number of fused-ring (bicyclic) bond motifs is 1. The Morgan fingerprint density at radius 3 is 2.39 bits per heavy atom. The number of anilines is 1. The monoisotopic (exact) mass is 467 g/mol. The zero-order valence-corrected chi connectivity index (χ0v) is 18.9. The minimum atomic E-state index is -4.63.